The molecule has 1 unspecified atom stereocenters. The van der Waals surface area contributed by atoms with Gasteiger partial charge < -0.3 is 15.3 Å². The van der Waals surface area contributed by atoms with Gasteiger partial charge in [0.15, 0.2) is 0 Å². The Balaban J connectivity index is 2.80. The molecule has 7 heteroatoms. The fourth-order valence-electron chi connectivity index (χ4n) is 1.53. The predicted molar refractivity (Wildman–Crippen MR) is 83.0 cm³/mol. The first-order valence-corrected chi connectivity index (χ1v) is 7.69. The fourth-order valence-corrected chi connectivity index (χ4v) is 2.44. The van der Waals surface area contributed by atoms with Crippen molar-refractivity contribution in [3.05, 3.63) is 28.8 Å². The van der Waals surface area contributed by atoms with Crippen molar-refractivity contribution >= 4 is 41.1 Å². The number of nitrogens with one attached hydrogen (secondary N) is 1. The summed E-state index contributed by atoms with van der Waals surface area (Å²) in [6.07, 6.45) is 1.97. The van der Waals surface area contributed by atoms with E-state index < -0.39 is 5.97 Å². The van der Waals surface area contributed by atoms with E-state index in [2.05, 4.69) is 5.32 Å². The van der Waals surface area contributed by atoms with Crippen LogP contribution < -0.4 is 5.32 Å². The zero-order valence-electron chi connectivity index (χ0n) is 11.5. The minimum atomic E-state index is -1.13. The minimum absolute atomic E-state index is 0.0377. The number of aromatic carboxylic acids is 1. The quantitative estimate of drug-likeness (QED) is 0.875. The molecule has 2 N–H and O–H groups in total. The predicted octanol–water partition coefficient (Wildman–Crippen LogP) is 3.25. The summed E-state index contributed by atoms with van der Waals surface area (Å²) in [5.74, 6) is -0.305. The van der Waals surface area contributed by atoms with E-state index >= 15 is 0 Å². The summed E-state index contributed by atoms with van der Waals surface area (Å²) < 4.78 is 0. The summed E-state index contributed by atoms with van der Waals surface area (Å²) in [4.78, 5) is 24.6. The van der Waals surface area contributed by atoms with Crippen LogP contribution in [0.5, 0.6) is 0 Å². The number of nitrogens with zero attached hydrogens (tertiary/aromatic N) is 1. The first kappa shape index (κ1) is 16.7. The molecule has 20 heavy (non-hydrogen) atoms. The van der Waals surface area contributed by atoms with Crippen molar-refractivity contribution in [2.24, 2.45) is 0 Å². The molecule has 0 aromatic heterocycles. The Morgan fingerprint density at radius 1 is 1.50 bits per heavy atom. The topological polar surface area (TPSA) is 69.6 Å². The molecule has 5 nitrogen and oxygen atoms in total. The Morgan fingerprint density at radius 3 is 2.70 bits per heavy atom. The Bertz CT molecular complexity index is 510. The van der Waals surface area contributed by atoms with Crippen LogP contribution in [0.4, 0.5) is 10.5 Å². The Kier molecular flexibility index (Phi) is 6.16. The zero-order valence-corrected chi connectivity index (χ0v) is 13.1. The van der Waals surface area contributed by atoms with Crippen molar-refractivity contribution in [3.8, 4) is 0 Å². The van der Waals surface area contributed by atoms with Crippen molar-refractivity contribution in [1.82, 2.24) is 4.90 Å². The number of urea groups is 1. The number of halogens is 1. The number of rotatable bonds is 5. The van der Waals surface area contributed by atoms with Crippen LogP contribution in [0.25, 0.3) is 0 Å². The van der Waals surface area contributed by atoms with Crippen molar-refractivity contribution in [2.45, 2.75) is 13.0 Å². The van der Waals surface area contributed by atoms with E-state index in [9.17, 15) is 9.59 Å². The maximum absolute atomic E-state index is 12.0. The van der Waals surface area contributed by atoms with E-state index in [1.54, 1.807) is 29.8 Å². The van der Waals surface area contributed by atoms with Crippen LogP contribution >= 0.6 is 23.4 Å². The average Bonchev–Trinajstić information content (AvgIpc) is 2.39. The Labute approximate surface area is 127 Å². The van der Waals surface area contributed by atoms with Gasteiger partial charge in [-0.15, -0.1) is 0 Å². The number of anilines is 1. The van der Waals surface area contributed by atoms with Crippen LogP contribution in [-0.2, 0) is 0 Å². The summed E-state index contributed by atoms with van der Waals surface area (Å²) in [5, 5.41) is 11.8. The lowest BCUT2D eigenvalue weighted by Crippen LogP contribution is -2.39. The van der Waals surface area contributed by atoms with E-state index in [-0.39, 0.29) is 22.7 Å². The first-order valence-electron chi connectivity index (χ1n) is 5.92. The summed E-state index contributed by atoms with van der Waals surface area (Å²) in [6, 6.07) is 4.16. The van der Waals surface area contributed by atoms with Gasteiger partial charge in [-0.05, 0) is 31.4 Å². The Hall–Kier alpha value is -1.40. The van der Waals surface area contributed by atoms with Gasteiger partial charge in [0.25, 0.3) is 0 Å². The van der Waals surface area contributed by atoms with Crippen LogP contribution in [0.3, 0.4) is 0 Å². The molecule has 1 aromatic rings. The van der Waals surface area contributed by atoms with E-state index in [0.717, 1.165) is 5.75 Å². The lowest BCUT2D eigenvalue weighted by atomic mass is 10.2. The van der Waals surface area contributed by atoms with E-state index in [1.807, 2.05) is 13.2 Å². The number of hydrogen-bond acceptors (Lipinski definition) is 3. The molecule has 0 heterocycles. The molecule has 0 aliphatic heterocycles. The molecule has 0 radical (unpaired) electrons. The summed E-state index contributed by atoms with van der Waals surface area (Å²) in [7, 11) is 1.70. The zero-order chi connectivity index (χ0) is 15.3. The standard InChI is InChI=1S/C13H17ClN2O3S/c1-8(7-20-3)16(2)13(19)15-9-4-5-11(14)10(6-9)12(17)18/h4-6,8H,7H2,1-3H3,(H,15,19)(H,17,18). The normalized spacial score (nSPS) is 11.8. The number of carboxylic acid groups (broad SMARTS) is 1. The van der Waals surface area contributed by atoms with Gasteiger partial charge >= 0.3 is 12.0 Å². The summed E-state index contributed by atoms with van der Waals surface area (Å²) >= 11 is 7.43. The van der Waals surface area contributed by atoms with Crippen LogP contribution in [0.15, 0.2) is 18.2 Å². The molecule has 1 rings (SSSR count). The number of carbonyl (C=O) groups is 2. The summed E-state index contributed by atoms with van der Waals surface area (Å²) in [6.45, 7) is 1.95. The third-order valence-corrected chi connectivity index (χ3v) is 3.98. The molecule has 0 saturated heterocycles. The van der Waals surface area contributed by atoms with Crippen LogP contribution in [-0.4, -0.2) is 47.1 Å². The number of hydrogen-bond donors (Lipinski definition) is 2. The largest absolute Gasteiger partial charge is 0.478 e. The van der Waals surface area contributed by atoms with Crippen LogP contribution in [0.1, 0.15) is 17.3 Å². The van der Waals surface area contributed by atoms with Gasteiger partial charge in [0.1, 0.15) is 0 Å². The second-order valence-electron chi connectivity index (χ2n) is 4.35. The van der Waals surface area contributed by atoms with Gasteiger partial charge in [-0.3, -0.25) is 0 Å². The molecule has 1 atom stereocenters. The smallest absolute Gasteiger partial charge is 0.337 e. The van der Waals surface area contributed by atoms with Gasteiger partial charge in [-0.25, -0.2) is 9.59 Å². The van der Waals surface area contributed by atoms with Crippen molar-refractivity contribution in [1.29, 1.82) is 0 Å². The number of amides is 2. The van der Waals surface area contributed by atoms with Crippen LogP contribution in [0.2, 0.25) is 5.02 Å². The first-order chi connectivity index (χ1) is 9.36. The van der Waals surface area contributed by atoms with E-state index in [4.69, 9.17) is 16.7 Å². The monoisotopic (exact) mass is 316 g/mol. The molecule has 0 aliphatic carbocycles. The highest BCUT2D eigenvalue weighted by Crippen LogP contribution is 2.21. The molecule has 2 amide bonds. The highest BCUT2D eigenvalue weighted by atomic mass is 35.5. The second-order valence-corrected chi connectivity index (χ2v) is 5.66. The van der Waals surface area contributed by atoms with Crippen molar-refractivity contribution in [2.75, 3.05) is 24.4 Å². The third-order valence-electron chi connectivity index (χ3n) is 2.84. The number of benzene rings is 1. The van der Waals surface area contributed by atoms with Gasteiger partial charge in [-0.2, -0.15) is 11.8 Å². The lowest BCUT2D eigenvalue weighted by molar-refractivity contribution is 0.0697. The summed E-state index contributed by atoms with van der Waals surface area (Å²) in [5.41, 5.74) is 0.365. The van der Waals surface area contributed by atoms with Gasteiger partial charge in [0.05, 0.1) is 10.6 Å². The molecule has 0 bridgehead atoms. The molecule has 0 spiro atoms. The SMILES string of the molecule is CSCC(C)N(C)C(=O)Nc1ccc(Cl)c(C(=O)O)c1. The van der Waals surface area contributed by atoms with E-state index in [1.165, 1.54) is 12.1 Å². The fraction of sp³-hybridized carbons (Fsp3) is 0.385. The molecule has 0 fully saturated rings. The van der Waals surface area contributed by atoms with Crippen molar-refractivity contribution in [3.63, 3.8) is 0 Å². The minimum Gasteiger partial charge on any atom is -0.478 e. The van der Waals surface area contributed by atoms with Gasteiger partial charge in [0.2, 0.25) is 0 Å². The average molecular weight is 317 g/mol. The third kappa shape index (κ3) is 4.31. The second kappa shape index (κ2) is 7.40. The highest BCUT2D eigenvalue weighted by molar-refractivity contribution is 7.98. The van der Waals surface area contributed by atoms with Crippen molar-refractivity contribution < 1.29 is 14.7 Å². The number of carboxylic acids is 1. The maximum atomic E-state index is 12.0. The molecule has 1 aromatic carbocycles. The molecular formula is C13H17ClN2O3S. The Morgan fingerprint density at radius 2 is 2.15 bits per heavy atom. The van der Waals surface area contributed by atoms with E-state index in [0.29, 0.717) is 5.69 Å². The number of thioether (sulfide) groups is 1. The molecule has 0 aliphatic rings. The number of carbonyl (C=O) groups excluding carboxylic acids is 1. The van der Waals surface area contributed by atoms with Crippen LogP contribution in [0, 0.1) is 0 Å². The maximum Gasteiger partial charge on any atom is 0.337 e. The van der Waals surface area contributed by atoms with Gasteiger partial charge in [-0.1, -0.05) is 11.6 Å². The molecular weight excluding hydrogens is 300 g/mol. The molecule has 0 saturated carbocycles. The van der Waals surface area contributed by atoms with Gasteiger partial charge in [0, 0.05) is 24.5 Å². The lowest BCUT2D eigenvalue weighted by Gasteiger charge is -2.24. The molecule has 110 valence electrons. The highest BCUT2D eigenvalue weighted by Gasteiger charge is 2.16.